The molecule has 0 radical (unpaired) electrons. The van der Waals surface area contributed by atoms with Gasteiger partial charge in [-0.3, -0.25) is 9.10 Å². The van der Waals surface area contributed by atoms with E-state index in [4.69, 9.17) is 9.47 Å². The van der Waals surface area contributed by atoms with Crippen molar-refractivity contribution in [2.24, 2.45) is 0 Å². The van der Waals surface area contributed by atoms with Gasteiger partial charge in [-0.05, 0) is 72.8 Å². The summed E-state index contributed by atoms with van der Waals surface area (Å²) in [7, 11) is -0.718. The highest BCUT2D eigenvalue weighted by molar-refractivity contribution is 7.92. The predicted octanol–water partition coefficient (Wildman–Crippen LogP) is 4.96. The number of hydrogen-bond acceptors (Lipinski definition) is 6. The van der Waals surface area contributed by atoms with E-state index in [2.05, 4.69) is 10.3 Å². The van der Waals surface area contributed by atoms with Gasteiger partial charge in [-0.2, -0.15) is 0 Å². The number of pyridine rings is 1. The van der Waals surface area contributed by atoms with Gasteiger partial charge in [0.2, 0.25) is 5.88 Å². The number of rotatable bonds is 8. The van der Waals surface area contributed by atoms with Crippen molar-refractivity contribution in [1.29, 1.82) is 0 Å². The smallest absolute Gasteiger partial charge is 0.264 e. The minimum absolute atomic E-state index is 0.0744. The van der Waals surface area contributed by atoms with E-state index in [0.717, 1.165) is 0 Å². The Morgan fingerprint density at radius 2 is 1.51 bits per heavy atom. The Bertz CT molecular complexity index is 1410. The van der Waals surface area contributed by atoms with Crippen LogP contribution in [0, 0.1) is 0 Å². The van der Waals surface area contributed by atoms with Crippen molar-refractivity contribution < 1.29 is 22.7 Å². The van der Waals surface area contributed by atoms with Crippen molar-refractivity contribution in [3.63, 3.8) is 0 Å². The fourth-order valence-electron chi connectivity index (χ4n) is 3.23. The second-order valence-corrected chi connectivity index (χ2v) is 9.39. The minimum atomic E-state index is -3.78. The lowest BCUT2D eigenvalue weighted by Gasteiger charge is -2.19. The Morgan fingerprint density at radius 3 is 2.17 bits per heavy atom. The summed E-state index contributed by atoms with van der Waals surface area (Å²) >= 11 is 0. The van der Waals surface area contributed by atoms with Crippen molar-refractivity contribution >= 4 is 27.3 Å². The number of nitrogens with zero attached hydrogens (tertiary/aromatic N) is 2. The van der Waals surface area contributed by atoms with E-state index in [1.165, 1.54) is 35.6 Å². The number of carbonyl (C=O) groups excluding carboxylic acids is 1. The van der Waals surface area contributed by atoms with Crippen molar-refractivity contribution in [2.75, 3.05) is 23.8 Å². The first kappa shape index (κ1) is 23.8. The molecule has 0 fully saturated rings. The molecule has 0 unspecified atom stereocenters. The molecule has 3 aromatic carbocycles. The summed E-state index contributed by atoms with van der Waals surface area (Å²) < 4.78 is 38.1. The summed E-state index contributed by atoms with van der Waals surface area (Å²) in [6, 6.07) is 24.8. The SMILES string of the molecule is COc1ccc(Oc2ncccc2NC(=O)c2ccc(S(=O)(=O)N(C)c3ccccc3)cc2)cc1. The van der Waals surface area contributed by atoms with Gasteiger partial charge in [0, 0.05) is 18.8 Å². The number of sulfonamides is 1. The fourth-order valence-corrected chi connectivity index (χ4v) is 4.43. The van der Waals surface area contributed by atoms with Crippen LogP contribution in [0.25, 0.3) is 0 Å². The quantitative estimate of drug-likeness (QED) is 0.376. The number of aromatic nitrogens is 1. The minimum Gasteiger partial charge on any atom is -0.497 e. The van der Waals surface area contributed by atoms with Gasteiger partial charge in [0.15, 0.2) is 0 Å². The molecule has 178 valence electrons. The van der Waals surface area contributed by atoms with Crippen molar-refractivity contribution in [3.05, 3.63) is 103 Å². The van der Waals surface area contributed by atoms with Crippen LogP contribution in [0.3, 0.4) is 0 Å². The number of amides is 1. The molecule has 9 heteroatoms. The number of para-hydroxylation sites is 1. The molecule has 1 N–H and O–H groups in total. The largest absolute Gasteiger partial charge is 0.497 e. The zero-order chi connectivity index (χ0) is 24.8. The van der Waals surface area contributed by atoms with E-state index < -0.39 is 15.9 Å². The Kier molecular flexibility index (Phi) is 6.98. The summed E-state index contributed by atoms with van der Waals surface area (Å²) in [5, 5.41) is 2.77. The molecule has 35 heavy (non-hydrogen) atoms. The molecule has 0 aliphatic rings. The lowest BCUT2D eigenvalue weighted by atomic mass is 10.2. The molecule has 1 amide bonds. The Hall–Kier alpha value is -4.37. The molecule has 4 rings (SSSR count). The third-order valence-electron chi connectivity index (χ3n) is 5.19. The molecule has 0 atom stereocenters. The monoisotopic (exact) mass is 489 g/mol. The van der Waals surface area contributed by atoms with Gasteiger partial charge in [-0.15, -0.1) is 0 Å². The topological polar surface area (TPSA) is 97.8 Å². The second kappa shape index (κ2) is 10.3. The maximum atomic E-state index is 13.0. The van der Waals surface area contributed by atoms with Crippen LogP contribution >= 0.6 is 0 Å². The molecular formula is C26H23N3O5S. The maximum absolute atomic E-state index is 13.0. The van der Waals surface area contributed by atoms with Crippen LogP contribution in [-0.4, -0.2) is 33.5 Å². The summed E-state index contributed by atoms with van der Waals surface area (Å²) in [4.78, 5) is 17.1. The molecule has 4 aromatic rings. The Morgan fingerprint density at radius 1 is 0.857 bits per heavy atom. The van der Waals surface area contributed by atoms with E-state index in [9.17, 15) is 13.2 Å². The molecule has 8 nitrogen and oxygen atoms in total. The van der Waals surface area contributed by atoms with Crippen molar-refractivity contribution in [3.8, 4) is 17.4 Å². The third-order valence-corrected chi connectivity index (χ3v) is 6.99. The van der Waals surface area contributed by atoms with Gasteiger partial charge in [-0.25, -0.2) is 13.4 Å². The molecule has 1 heterocycles. The molecule has 0 spiro atoms. The van der Waals surface area contributed by atoms with Gasteiger partial charge in [0.25, 0.3) is 15.9 Å². The van der Waals surface area contributed by atoms with E-state index in [0.29, 0.717) is 22.9 Å². The maximum Gasteiger partial charge on any atom is 0.264 e. The van der Waals surface area contributed by atoms with Crippen LogP contribution in [0.4, 0.5) is 11.4 Å². The first-order chi connectivity index (χ1) is 16.9. The number of hydrogen-bond donors (Lipinski definition) is 1. The molecule has 0 bridgehead atoms. The Balaban J connectivity index is 1.49. The lowest BCUT2D eigenvalue weighted by molar-refractivity contribution is 0.102. The standard InChI is InChI=1S/C26H23N3O5S/c1-29(20-7-4-3-5-8-20)35(31,32)23-16-10-19(11-17-23)25(30)28-24-9-6-18-27-26(24)34-22-14-12-21(33-2)13-15-22/h3-18H,1-2H3,(H,28,30). The summed E-state index contributed by atoms with van der Waals surface area (Å²) in [5.41, 5.74) is 1.19. The Labute approximate surface area is 203 Å². The van der Waals surface area contributed by atoms with Crippen LogP contribution in [0.5, 0.6) is 17.4 Å². The first-order valence-corrected chi connectivity index (χ1v) is 12.0. The third kappa shape index (κ3) is 5.42. The van der Waals surface area contributed by atoms with Crippen LogP contribution in [0.2, 0.25) is 0 Å². The molecule has 0 saturated carbocycles. The van der Waals surface area contributed by atoms with E-state index >= 15 is 0 Å². The molecule has 0 aliphatic heterocycles. The van der Waals surface area contributed by atoms with Gasteiger partial charge in [-0.1, -0.05) is 18.2 Å². The van der Waals surface area contributed by atoms with Crippen LogP contribution in [0.1, 0.15) is 10.4 Å². The number of nitrogens with one attached hydrogen (secondary N) is 1. The summed E-state index contributed by atoms with van der Waals surface area (Å²) in [5.74, 6) is 0.997. The number of ether oxygens (including phenoxy) is 2. The normalized spacial score (nSPS) is 10.9. The highest BCUT2D eigenvalue weighted by Gasteiger charge is 2.21. The van der Waals surface area contributed by atoms with Gasteiger partial charge in [0.05, 0.1) is 17.7 Å². The molecule has 1 aromatic heterocycles. The van der Waals surface area contributed by atoms with Gasteiger partial charge in [0.1, 0.15) is 17.2 Å². The van der Waals surface area contributed by atoms with E-state index in [-0.39, 0.29) is 16.3 Å². The number of anilines is 2. The number of methoxy groups -OCH3 is 1. The van der Waals surface area contributed by atoms with Crippen LogP contribution in [0.15, 0.2) is 102 Å². The molecule has 0 saturated heterocycles. The zero-order valence-corrected chi connectivity index (χ0v) is 19.9. The van der Waals surface area contributed by atoms with Gasteiger partial charge < -0.3 is 14.8 Å². The van der Waals surface area contributed by atoms with Gasteiger partial charge >= 0.3 is 0 Å². The van der Waals surface area contributed by atoms with E-state index in [1.807, 2.05) is 6.07 Å². The van der Waals surface area contributed by atoms with Crippen LogP contribution < -0.4 is 19.1 Å². The van der Waals surface area contributed by atoms with Crippen LogP contribution in [-0.2, 0) is 10.0 Å². The fraction of sp³-hybridized carbons (Fsp3) is 0.0769. The predicted molar refractivity (Wildman–Crippen MR) is 134 cm³/mol. The number of benzene rings is 3. The highest BCUT2D eigenvalue weighted by atomic mass is 32.2. The molecule has 0 aliphatic carbocycles. The number of carbonyl (C=O) groups is 1. The van der Waals surface area contributed by atoms with Crippen molar-refractivity contribution in [2.45, 2.75) is 4.90 Å². The summed E-state index contributed by atoms with van der Waals surface area (Å²) in [6.45, 7) is 0. The van der Waals surface area contributed by atoms with Crippen molar-refractivity contribution in [1.82, 2.24) is 4.98 Å². The summed E-state index contributed by atoms with van der Waals surface area (Å²) in [6.07, 6.45) is 1.55. The highest BCUT2D eigenvalue weighted by Crippen LogP contribution is 2.29. The molecular weight excluding hydrogens is 466 g/mol. The second-order valence-electron chi connectivity index (χ2n) is 7.42. The zero-order valence-electron chi connectivity index (χ0n) is 19.1. The average molecular weight is 490 g/mol. The lowest BCUT2D eigenvalue weighted by Crippen LogP contribution is -2.26. The van der Waals surface area contributed by atoms with E-state index in [1.54, 1.807) is 74.0 Å². The average Bonchev–Trinajstić information content (AvgIpc) is 2.90. The first-order valence-electron chi connectivity index (χ1n) is 10.6.